The van der Waals surface area contributed by atoms with E-state index in [9.17, 15) is 47.9 Å². The number of nitrogens with zero attached hydrogens (tertiary/aromatic N) is 3. The number of ether oxygens (including phenoxy) is 2. The average Bonchev–Trinajstić information content (AvgIpc) is 4.11. The molecule has 404 valence electrons. The van der Waals surface area contributed by atoms with Crippen molar-refractivity contribution in [1.82, 2.24) is 30.4 Å². The first-order chi connectivity index (χ1) is 36.9. The number of aryl methyl sites for hydroxylation is 1. The molecule has 5 heterocycles. The summed E-state index contributed by atoms with van der Waals surface area (Å²) >= 11 is 0. The summed E-state index contributed by atoms with van der Waals surface area (Å²) in [6.45, 7) is 4.44. The molecule has 3 aliphatic heterocycles. The molecule has 3 atom stereocenters. The maximum absolute atomic E-state index is 15.4. The predicted octanol–water partition coefficient (Wildman–Crippen LogP) is 4.81. The minimum absolute atomic E-state index is 0.00919. The predicted molar refractivity (Wildman–Crippen MR) is 277 cm³/mol. The Hall–Kier alpha value is -7.54. The fourth-order valence-electron chi connectivity index (χ4n) is 11.6. The first-order valence-electron chi connectivity index (χ1n) is 26.6. The highest BCUT2D eigenvalue weighted by Gasteiger charge is 2.44. The maximum atomic E-state index is 15.4. The van der Waals surface area contributed by atoms with Crippen LogP contribution in [0.15, 0.2) is 59.4 Å². The summed E-state index contributed by atoms with van der Waals surface area (Å²) in [5.74, 6) is -4.74. The SMILES string of the molecule is CC[C@@]1(C)C(=O)OCc2c1cc1n(c2=O)Cc2c-1nc1cc(F)c(C)c3c1c2[C@@H](NC(=O)COCCC(=O)CNC(=O)[C@@H](CC(=O)CNC(=O)CCC(=O)C1CCC(CN2C(=O)C=CC2=O)CC1)Cc1ccccc1)CC3. The second-order valence-electron chi connectivity index (χ2n) is 21.2. The lowest BCUT2D eigenvalue weighted by Crippen LogP contribution is -2.42. The number of carbonyl (C=O) groups is 9. The zero-order valence-electron chi connectivity index (χ0n) is 43.6. The van der Waals surface area contributed by atoms with Crippen molar-refractivity contribution >= 4 is 63.8 Å². The van der Waals surface area contributed by atoms with Gasteiger partial charge in [-0.3, -0.25) is 52.8 Å². The molecule has 2 aromatic heterocycles. The number of ketones is 3. The second-order valence-corrected chi connectivity index (χ2v) is 21.2. The van der Waals surface area contributed by atoms with Crippen LogP contribution >= 0.6 is 0 Å². The quantitative estimate of drug-likeness (QED) is 0.0479. The molecular formula is C58H63FN6O12. The van der Waals surface area contributed by atoms with Crippen molar-refractivity contribution in [2.45, 2.75) is 122 Å². The molecule has 9 rings (SSSR count). The van der Waals surface area contributed by atoms with Gasteiger partial charge in [-0.1, -0.05) is 37.3 Å². The number of hydrogen-bond acceptors (Lipinski definition) is 13. The highest BCUT2D eigenvalue weighted by molar-refractivity contribution is 6.13. The number of halogens is 1. The highest BCUT2D eigenvalue weighted by atomic mass is 19.1. The number of aromatic nitrogens is 2. The largest absolute Gasteiger partial charge is 0.460 e. The molecular weight excluding hydrogens is 992 g/mol. The molecule has 2 aromatic carbocycles. The molecule has 0 bridgehead atoms. The number of rotatable bonds is 22. The Kier molecular flexibility index (Phi) is 16.2. The number of hydrogen-bond donors (Lipinski definition) is 3. The van der Waals surface area contributed by atoms with Crippen LogP contribution in [0.4, 0.5) is 4.39 Å². The Morgan fingerprint density at radius 1 is 0.870 bits per heavy atom. The molecule has 19 heteroatoms. The third-order valence-electron chi connectivity index (χ3n) is 16.3. The van der Waals surface area contributed by atoms with Crippen LogP contribution in [0.5, 0.6) is 0 Å². The average molecular weight is 1060 g/mol. The summed E-state index contributed by atoms with van der Waals surface area (Å²) in [5, 5.41) is 9.00. The fourth-order valence-corrected chi connectivity index (χ4v) is 11.6. The third-order valence-corrected chi connectivity index (χ3v) is 16.3. The van der Waals surface area contributed by atoms with Crippen LogP contribution in [-0.2, 0) is 84.0 Å². The monoisotopic (exact) mass is 1050 g/mol. The van der Waals surface area contributed by atoms with Gasteiger partial charge in [0.25, 0.3) is 17.4 Å². The lowest BCUT2D eigenvalue weighted by atomic mass is 9.76. The molecule has 3 N–H and O–H groups in total. The van der Waals surface area contributed by atoms with E-state index in [1.165, 1.54) is 23.1 Å². The van der Waals surface area contributed by atoms with Crippen LogP contribution in [0, 0.1) is 30.5 Å². The van der Waals surface area contributed by atoms with Gasteiger partial charge in [-0.25, -0.2) is 9.37 Å². The second kappa shape index (κ2) is 23.0. The molecule has 4 aromatic rings. The number of fused-ring (bicyclic) bond motifs is 5. The molecule has 18 nitrogen and oxygen atoms in total. The van der Waals surface area contributed by atoms with Crippen LogP contribution in [-0.4, -0.2) is 100 Å². The number of carbonyl (C=O) groups excluding carboxylic acids is 9. The van der Waals surface area contributed by atoms with Crippen molar-refractivity contribution in [1.29, 1.82) is 0 Å². The topological polar surface area (TPSA) is 246 Å². The molecule has 0 radical (unpaired) electrons. The molecule has 1 saturated carbocycles. The van der Waals surface area contributed by atoms with Crippen LogP contribution in [0.25, 0.3) is 22.3 Å². The van der Waals surface area contributed by atoms with Crippen LogP contribution < -0.4 is 21.5 Å². The normalized spacial score (nSPS) is 20.5. The van der Waals surface area contributed by atoms with Crippen LogP contribution in [0.1, 0.15) is 123 Å². The lowest BCUT2D eigenvalue weighted by Gasteiger charge is -2.33. The Bertz CT molecular complexity index is 3180. The number of pyridine rings is 2. The molecule has 5 amide bonds. The van der Waals surface area contributed by atoms with E-state index >= 15 is 4.39 Å². The van der Waals surface area contributed by atoms with Gasteiger partial charge in [-0.2, -0.15) is 0 Å². The molecule has 2 aliphatic carbocycles. The number of esters is 1. The number of amides is 5. The minimum Gasteiger partial charge on any atom is -0.460 e. The van der Waals surface area contributed by atoms with Gasteiger partial charge in [0.15, 0.2) is 11.6 Å². The maximum Gasteiger partial charge on any atom is 0.316 e. The van der Waals surface area contributed by atoms with Gasteiger partial charge in [0, 0.05) is 73.2 Å². The number of benzene rings is 2. The smallest absolute Gasteiger partial charge is 0.316 e. The molecule has 77 heavy (non-hydrogen) atoms. The van der Waals surface area contributed by atoms with E-state index in [1.54, 1.807) is 30.5 Å². The van der Waals surface area contributed by atoms with Crippen molar-refractivity contribution in [2.75, 3.05) is 32.8 Å². The zero-order chi connectivity index (χ0) is 54.7. The first kappa shape index (κ1) is 54.3. The van der Waals surface area contributed by atoms with E-state index in [0.717, 1.165) is 27.6 Å². The molecule has 0 unspecified atom stereocenters. The van der Waals surface area contributed by atoms with Gasteiger partial charge in [0.05, 0.1) is 60.2 Å². The Labute approximate surface area is 443 Å². The standard InChI is InChI=1S/C58H63FN6O12/c1-4-58(3)42-24-46-54-40(29-64(46)56(74)41(42)30-77-57(58)75)53-44(15-14-39-32(2)43(59)25-45(63-54)52(39)53)62-49(70)31-76-21-20-37(66)26-61-55(73)36(22-33-8-6-5-7-9-33)23-38(67)27-60-48(69)17-16-47(68)35-12-10-34(11-13-35)28-65-50(71)18-19-51(65)72/h5-9,18-19,24-25,34-36,44H,4,10-17,20-23,26-31H2,1-3H3,(H,60,69)(H,61,73)(H,62,70)/t34?,35?,36-,44+,58-/m1/s1. The number of cyclic esters (lactones) is 1. The summed E-state index contributed by atoms with van der Waals surface area (Å²) < 4.78 is 28.1. The van der Waals surface area contributed by atoms with Gasteiger partial charge in [-0.15, -0.1) is 0 Å². The molecule has 0 spiro atoms. The third kappa shape index (κ3) is 11.5. The van der Waals surface area contributed by atoms with Crippen molar-refractivity contribution in [3.8, 4) is 11.4 Å². The van der Waals surface area contributed by atoms with Gasteiger partial charge in [-0.05, 0) is 105 Å². The van der Waals surface area contributed by atoms with Crippen LogP contribution in [0.3, 0.4) is 0 Å². The number of Topliss-reactive ketones (excluding diaryl/α,β-unsaturated/α-hetero) is 3. The molecule has 5 aliphatic rings. The first-order valence-corrected chi connectivity index (χ1v) is 26.6. The van der Waals surface area contributed by atoms with E-state index in [2.05, 4.69) is 16.0 Å². The molecule has 0 saturated heterocycles. The van der Waals surface area contributed by atoms with E-state index in [-0.39, 0.29) is 112 Å². The van der Waals surface area contributed by atoms with Crippen LogP contribution in [0.2, 0.25) is 0 Å². The number of imide groups is 1. The number of nitrogens with one attached hydrogen (secondary N) is 3. The van der Waals surface area contributed by atoms with Gasteiger partial charge >= 0.3 is 5.97 Å². The van der Waals surface area contributed by atoms with Gasteiger partial charge in [0.1, 0.15) is 24.8 Å². The van der Waals surface area contributed by atoms with Crippen molar-refractivity contribution < 1.29 is 57.0 Å². The van der Waals surface area contributed by atoms with E-state index < -0.39 is 52.7 Å². The highest BCUT2D eigenvalue weighted by Crippen LogP contribution is 2.46. The Morgan fingerprint density at radius 3 is 2.32 bits per heavy atom. The summed E-state index contributed by atoms with van der Waals surface area (Å²) in [4.78, 5) is 136. The zero-order valence-corrected chi connectivity index (χ0v) is 43.6. The summed E-state index contributed by atoms with van der Waals surface area (Å²) in [6, 6.07) is 11.7. The fraction of sp³-hybridized carbons (Fsp3) is 0.466. The lowest BCUT2D eigenvalue weighted by molar-refractivity contribution is -0.153. The molecule has 1 fully saturated rings. The van der Waals surface area contributed by atoms with Crippen molar-refractivity contribution in [3.63, 3.8) is 0 Å². The van der Waals surface area contributed by atoms with E-state index in [0.29, 0.717) is 85.1 Å². The van der Waals surface area contributed by atoms with Gasteiger partial charge in [0.2, 0.25) is 17.7 Å². The van der Waals surface area contributed by atoms with Crippen molar-refractivity contribution in [2.24, 2.45) is 17.8 Å². The van der Waals surface area contributed by atoms with E-state index in [4.69, 9.17) is 14.5 Å². The minimum atomic E-state index is -1.04. The van der Waals surface area contributed by atoms with Gasteiger partial charge < -0.3 is 30.0 Å². The van der Waals surface area contributed by atoms with E-state index in [1.807, 2.05) is 31.2 Å². The summed E-state index contributed by atoms with van der Waals surface area (Å²) in [7, 11) is 0. The van der Waals surface area contributed by atoms with Crippen molar-refractivity contribution in [3.05, 3.63) is 110 Å². The Balaban J connectivity index is 0.744. The Morgan fingerprint density at radius 2 is 1.60 bits per heavy atom. The summed E-state index contributed by atoms with van der Waals surface area (Å²) in [6.07, 6.45) is 6.13. The summed E-state index contributed by atoms with van der Waals surface area (Å²) in [5.41, 5.74) is 4.51.